The molecule has 1 N–H and O–H groups in total. The van der Waals surface area contributed by atoms with E-state index in [0.717, 1.165) is 23.7 Å². The molecule has 1 amide bonds. The molecule has 0 radical (unpaired) electrons. The summed E-state index contributed by atoms with van der Waals surface area (Å²) in [6, 6.07) is 6.04. The van der Waals surface area contributed by atoms with Gasteiger partial charge in [0.05, 0.1) is 5.56 Å². The Morgan fingerprint density at radius 1 is 1.19 bits per heavy atom. The highest BCUT2D eigenvalue weighted by Gasteiger charge is 2.27. The van der Waals surface area contributed by atoms with E-state index in [1.165, 1.54) is 5.56 Å². The van der Waals surface area contributed by atoms with E-state index in [9.17, 15) is 9.59 Å². The molecular formula is C17H20N2O2. The van der Waals surface area contributed by atoms with Gasteiger partial charge in [0.1, 0.15) is 0 Å². The number of likely N-dealkylation sites (tertiary alicyclic amines) is 1. The van der Waals surface area contributed by atoms with Gasteiger partial charge in [0, 0.05) is 30.2 Å². The minimum absolute atomic E-state index is 0.372. The molecule has 1 saturated heterocycles. The highest BCUT2D eigenvalue weighted by Crippen LogP contribution is 2.25. The number of hydrogen-bond donors (Lipinski definition) is 1. The number of hydrogen-bond acceptors (Lipinski definition) is 2. The van der Waals surface area contributed by atoms with Crippen LogP contribution in [0.25, 0.3) is 10.9 Å². The lowest BCUT2D eigenvalue weighted by Gasteiger charge is -2.13. The van der Waals surface area contributed by atoms with Gasteiger partial charge >= 0.3 is 0 Å². The summed E-state index contributed by atoms with van der Waals surface area (Å²) in [6.45, 7) is 5.63. The first kappa shape index (κ1) is 13.9. The Labute approximate surface area is 124 Å². The third-order valence-corrected chi connectivity index (χ3v) is 4.20. The van der Waals surface area contributed by atoms with Crippen LogP contribution in [0.3, 0.4) is 0 Å². The van der Waals surface area contributed by atoms with Crippen LogP contribution in [0.1, 0.15) is 48.5 Å². The molecule has 0 aliphatic carbocycles. The zero-order valence-electron chi connectivity index (χ0n) is 12.5. The van der Waals surface area contributed by atoms with Crippen molar-refractivity contribution in [2.45, 2.75) is 32.6 Å². The van der Waals surface area contributed by atoms with E-state index in [1.807, 2.05) is 12.1 Å². The topological polar surface area (TPSA) is 53.2 Å². The average Bonchev–Trinajstić information content (AvgIpc) is 3.14. The van der Waals surface area contributed by atoms with Gasteiger partial charge in [-0.3, -0.25) is 9.59 Å². The molecule has 0 atom stereocenters. The number of carbonyl (C=O) groups excluding carboxylic acids is 2. The number of aromatic amines is 1. The van der Waals surface area contributed by atoms with E-state index < -0.39 is 5.78 Å². The molecule has 21 heavy (non-hydrogen) atoms. The second kappa shape index (κ2) is 5.35. The minimum Gasteiger partial charge on any atom is -0.360 e. The predicted octanol–water partition coefficient (Wildman–Crippen LogP) is 3.10. The van der Waals surface area contributed by atoms with E-state index in [-0.39, 0.29) is 5.91 Å². The van der Waals surface area contributed by atoms with Gasteiger partial charge in [0.15, 0.2) is 0 Å². The van der Waals surface area contributed by atoms with Crippen LogP contribution < -0.4 is 0 Å². The molecule has 0 saturated carbocycles. The molecule has 1 aliphatic rings. The number of amides is 1. The fourth-order valence-electron chi connectivity index (χ4n) is 2.86. The SMILES string of the molecule is CC(C)c1ccc2[nH]cc(C(=O)C(=O)N3CCCC3)c2c1. The van der Waals surface area contributed by atoms with Crippen molar-refractivity contribution in [3.05, 3.63) is 35.5 Å². The number of carbonyl (C=O) groups is 2. The van der Waals surface area contributed by atoms with Crippen molar-refractivity contribution >= 4 is 22.6 Å². The second-order valence-corrected chi connectivity index (χ2v) is 5.99. The number of Topliss-reactive ketones (excluding diaryl/α,β-unsaturated/α-hetero) is 1. The molecule has 2 heterocycles. The maximum absolute atomic E-state index is 12.5. The first-order valence-corrected chi connectivity index (χ1v) is 7.52. The van der Waals surface area contributed by atoms with Gasteiger partial charge in [-0.15, -0.1) is 0 Å². The Kier molecular flexibility index (Phi) is 3.53. The van der Waals surface area contributed by atoms with Crippen molar-refractivity contribution in [1.29, 1.82) is 0 Å². The normalized spacial score (nSPS) is 15.1. The third kappa shape index (κ3) is 2.46. The molecule has 0 unspecified atom stereocenters. The summed E-state index contributed by atoms with van der Waals surface area (Å²) >= 11 is 0. The first-order chi connectivity index (χ1) is 10.1. The number of fused-ring (bicyclic) bond motifs is 1. The summed E-state index contributed by atoms with van der Waals surface area (Å²) in [6.07, 6.45) is 3.64. The number of rotatable bonds is 3. The van der Waals surface area contributed by atoms with E-state index in [0.29, 0.717) is 24.6 Å². The molecule has 1 fully saturated rings. The highest BCUT2D eigenvalue weighted by atomic mass is 16.2. The lowest BCUT2D eigenvalue weighted by Crippen LogP contribution is -2.34. The molecule has 0 spiro atoms. The molecule has 1 aromatic carbocycles. The molecule has 1 aliphatic heterocycles. The summed E-state index contributed by atoms with van der Waals surface area (Å²) in [4.78, 5) is 29.5. The monoisotopic (exact) mass is 284 g/mol. The van der Waals surface area contributed by atoms with E-state index in [2.05, 4.69) is 24.9 Å². The van der Waals surface area contributed by atoms with E-state index in [1.54, 1.807) is 11.1 Å². The fourth-order valence-corrected chi connectivity index (χ4v) is 2.86. The van der Waals surface area contributed by atoms with Crippen LogP contribution in [-0.2, 0) is 4.79 Å². The van der Waals surface area contributed by atoms with Gasteiger partial charge in [-0.25, -0.2) is 0 Å². The Morgan fingerprint density at radius 3 is 2.57 bits per heavy atom. The van der Waals surface area contributed by atoms with E-state index >= 15 is 0 Å². The number of aromatic nitrogens is 1. The van der Waals surface area contributed by atoms with Crippen molar-refractivity contribution in [1.82, 2.24) is 9.88 Å². The number of nitrogens with one attached hydrogen (secondary N) is 1. The summed E-state index contributed by atoms with van der Waals surface area (Å²) in [5, 5.41) is 0.846. The summed E-state index contributed by atoms with van der Waals surface area (Å²) in [7, 11) is 0. The van der Waals surface area contributed by atoms with Crippen molar-refractivity contribution in [2.24, 2.45) is 0 Å². The highest BCUT2D eigenvalue weighted by molar-refractivity contribution is 6.44. The van der Waals surface area contributed by atoms with Crippen LogP contribution >= 0.6 is 0 Å². The van der Waals surface area contributed by atoms with Gasteiger partial charge in [-0.05, 0) is 36.5 Å². The molecule has 1 aromatic heterocycles. The van der Waals surface area contributed by atoms with Crippen molar-refractivity contribution in [3.63, 3.8) is 0 Å². The molecular weight excluding hydrogens is 264 g/mol. The third-order valence-electron chi connectivity index (χ3n) is 4.20. The van der Waals surface area contributed by atoms with Gasteiger partial charge in [-0.2, -0.15) is 0 Å². The average molecular weight is 284 g/mol. The number of H-pyrrole nitrogens is 1. The standard InChI is InChI=1S/C17H20N2O2/c1-11(2)12-5-6-15-13(9-12)14(10-18-15)16(20)17(21)19-7-3-4-8-19/h5-6,9-11,18H,3-4,7-8H2,1-2H3. The van der Waals surface area contributed by atoms with Crippen LogP contribution in [0.4, 0.5) is 0 Å². The van der Waals surface area contributed by atoms with Gasteiger partial charge < -0.3 is 9.88 Å². The zero-order chi connectivity index (χ0) is 15.0. The second-order valence-electron chi connectivity index (χ2n) is 5.99. The maximum Gasteiger partial charge on any atom is 0.295 e. The fraction of sp³-hybridized carbons (Fsp3) is 0.412. The van der Waals surface area contributed by atoms with E-state index in [4.69, 9.17) is 0 Å². The van der Waals surface area contributed by atoms with Crippen LogP contribution in [0.2, 0.25) is 0 Å². The van der Waals surface area contributed by atoms with Crippen LogP contribution in [0.5, 0.6) is 0 Å². The molecule has 3 rings (SSSR count). The Bertz CT molecular complexity index is 694. The number of ketones is 1. The number of benzene rings is 1. The molecule has 4 heteroatoms. The molecule has 2 aromatic rings. The van der Waals surface area contributed by atoms with Crippen molar-refractivity contribution in [2.75, 3.05) is 13.1 Å². The Morgan fingerprint density at radius 2 is 1.90 bits per heavy atom. The molecule has 0 bridgehead atoms. The van der Waals surface area contributed by atoms with Gasteiger partial charge in [0.2, 0.25) is 0 Å². The Balaban J connectivity index is 1.97. The first-order valence-electron chi connectivity index (χ1n) is 7.52. The van der Waals surface area contributed by atoms with Gasteiger partial charge in [-0.1, -0.05) is 19.9 Å². The lowest BCUT2D eigenvalue weighted by molar-refractivity contribution is -0.125. The maximum atomic E-state index is 12.5. The smallest absolute Gasteiger partial charge is 0.295 e. The van der Waals surface area contributed by atoms with Crippen molar-refractivity contribution < 1.29 is 9.59 Å². The van der Waals surface area contributed by atoms with Crippen LogP contribution in [0.15, 0.2) is 24.4 Å². The summed E-state index contributed by atoms with van der Waals surface area (Å²) in [5.74, 6) is -0.381. The number of nitrogens with zero attached hydrogens (tertiary/aromatic N) is 1. The van der Waals surface area contributed by atoms with Crippen molar-refractivity contribution in [3.8, 4) is 0 Å². The zero-order valence-corrected chi connectivity index (χ0v) is 12.5. The lowest BCUT2D eigenvalue weighted by atomic mass is 9.99. The summed E-state index contributed by atoms with van der Waals surface area (Å²) in [5.41, 5.74) is 2.56. The largest absolute Gasteiger partial charge is 0.360 e. The Hall–Kier alpha value is -2.10. The minimum atomic E-state index is -0.399. The quantitative estimate of drug-likeness (QED) is 0.695. The molecule has 4 nitrogen and oxygen atoms in total. The predicted molar refractivity (Wildman–Crippen MR) is 82.5 cm³/mol. The van der Waals surface area contributed by atoms with Crippen LogP contribution in [-0.4, -0.2) is 34.7 Å². The van der Waals surface area contributed by atoms with Gasteiger partial charge in [0.25, 0.3) is 11.7 Å². The summed E-state index contributed by atoms with van der Waals surface area (Å²) < 4.78 is 0. The van der Waals surface area contributed by atoms with Crippen LogP contribution in [0, 0.1) is 0 Å². The molecule has 110 valence electrons.